The van der Waals surface area contributed by atoms with Gasteiger partial charge in [-0.1, -0.05) is 12.2 Å². The highest BCUT2D eigenvalue weighted by molar-refractivity contribution is 5.73. The molecule has 0 atom stereocenters. The number of fused-ring (bicyclic) bond motifs is 1. The van der Waals surface area contributed by atoms with E-state index in [2.05, 4.69) is 20.3 Å². The van der Waals surface area contributed by atoms with Crippen molar-refractivity contribution in [3.05, 3.63) is 30.2 Å². The Morgan fingerprint density at radius 1 is 1.43 bits per heavy atom. The highest BCUT2D eigenvalue weighted by Crippen LogP contribution is 2.10. The highest BCUT2D eigenvalue weighted by Gasteiger charge is 2.15. The van der Waals surface area contributed by atoms with Crippen LogP contribution >= 0.6 is 0 Å². The van der Waals surface area contributed by atoms with Crippen molar-refractivity contribution < 1.29 is 9.53 Å². The molecule has 2 aromatic rings. The van der Waals surface area contributed by atoms with Crippen molar-refractivity contribution in [3.63, 3.8) is 0 Å². The van der Waals surface area contributed by atoms with Crippen LogP contribution in [0.25, 0.3) is 17.2 Å². The van der Waals surface area contributed by atoms with Crippen LogP contribution in [0.3, 0.4) is 0 Å². The van der Waals surface area contributed by atoms with Gasteiger partial charge in [-0.25, -0.2) is 14.8 Å². The number of H-pyrrole nitrogens is 1. The molecule has 0 aliphatic carbocycles. The van der Waals surface area contributed by atoms with Crippen LogP contribution in [0.15, 0.2) is 24.7 Å². The van der Waals surface area contributed by atoms with Crippen LogP contribution in [-0.2, 0) is 4.74 Å². The summed E-state index contributed by atoms with van der Waals surface area (Å²) in [4.78, 5) is 22.7. The van der Waals surface area contributed by atoms with E-state index in [4.69, 9.17) is 4.74 Å². The maximum atomic E-state index is 11.4. The van der Waals surface area contributed by atoms with E-state index in [9.17, 15) is 4.79 Å². The quantitative estimate of drug-likeness (QED) is 0.848. The van der Waals surface area contributed by atoms with Gasteiger partial charge in [0.15, 0.2) is 5.65 Å². The number of imidazole rings is 1. The summed E-state index contributed by atoms with van der Waals surface area (Å²) in [6.07, 6.45) is 7.66. The summed E-state index contributed by atoms with van der Waals surface area (Å²) in [6.45, 7) is 6.05. The third kappa shape index (κ3) is 4.91. The van der Waals surface area contributed by atoms with Crippen molar-refractivity contribution >= 4 is 23.3 Å². The van der Waals surface area contributed by atoms with Gasteiger partial charge in [-0.2, -0.15) is 0 Å². The molecule has 0 spiro atoms. The predicted octanol–water partition coefficient (Wildman–Crippen LogP) is 2.89. The third-order valence-corrected chi connectivity index (χ3v) is 2.58. The molecule has 0 fully saturated rings. The Hall–Kier alpha value is -2.37. The van der Waals surface area contributed by atoms with Crippen LogP contribution in [0.2, 0.25) is 0 Å². The molecule has 2 heterocycles. The Kier molecular flexibility index (Phi) is 4.57. The first-order valence-corrected chi connectivity index (χ1v) is 6.86. The molecule has 2 N–H and O–H groups in total. The van der Waals surface area contributed by atoms with Gasteiger partial charge >= 0.3 is 6.09 Å². The molecule has 6 nitrogen and oxygen atoms in total. The molecule has 0 saturated carbocycles. The number of carbonyl (C=O) groups excluding carboxylic acids is 1. The Morgan fingerprint density at radius 2 is 2.24 bits per heavy atom. The molecule has 0 bridgehead atoms. The number of hydrogen-bond donors (Lipinski definition) is 2. The molecule has 1 amide bonds. The van der Waals surface area contributed by atoms with E-state index in [0.717, 1.165) is 17.5 Å². The summed E-state index contributed by atoms with van der Waals surface area (Å²) in [6, 6.07) is 1.98. The van der Waals surface area contributed by atoms with E-state index in [0.29, 0.717) is 12.2 Å². The molecule has 2 aromatic heterocycles. The first kappa shape index (κ1) is 15.0. The zero-order chi connectivity index (χ0) is 15.3. The summed E-state index contributed by atoms with van der Waals surface area (Å²) in [7, 11) is 0. The first-order chi connectivity index (χ1) is 9.94. The standard InChI is InChI=1S/C15H20N4O2/c1-15(2,3)21-14(20)16-7-5-4-6-11-8-12-13(17-9-11)19-10-18-12/h4,6,8-10H,5,7H2,1-3H3,(H,16,20)(H,17,18,19). The predicted molar refractivity (Wildman–Crippen MR) is 81.8 cm³/mol. The monoisotopic (exact) mass is 288 g/mol. The Bertz CT molecular complexity index is 640. The minimum Gasteiger partial charge on any atom is -0.444 e. The van der Waals surface area contributed by atoms with Crippen LogP contribution in [0.4, 0.5) is 4.79 Å². The van der Waals surface area contributed by atoms with Crippen LogP contribution in [0.1, 0.15) is 32.8 Å². The number of rotatable bonds is 4. The van der Waals surface area contributed by atoms with Gasteiger partial charge in [0.2, 0.25) is 0 Å². The fraction of sp³-hybridized carbons (Fsp3) is 0.400. The summed E-state index contributed by atoms with van der Waals surface area (Å²) >= 11 is 0. The summed E-state index contributed by atoms with van der Waals surface area (Å²) < 4.78 is 5.15. The molecule has 0 aliphatic heterocycles. The molecule has 6 heteroatoms. The summed E-state index contributed by atoms with van der Waals surface area (Å²) in [5.41, 5.74) is 2.14. The van der Waals surface area contributed by atoms with Gasteiger partial charge in [-0.05, 0) is 38.8 Å². The van der Waals surface area contributed by atoms with Crippen molar-refractivity contribution in [2.45, 2.75) is 32.8 Å². The normalized spacial score (nSPS) is 12.0. The van der Waals surface area contributed by atoms with Gasteiger partial charge < -0.3 is 15.0 Å². The lowest BCUT2D eigenvalue weighted by atomic mass is 10.2. The van der Waals surface area contributed by atoms with Gasteiger partial charge in [0.05, 0.1) is 11.8 Å². The minimum absolute atomic E-state index is 0.392. The molecule has 0 unspecified atom stereocenters. The van der Waals surface area contributed by atoms with Gasteiger partial charge in [0, 0.05) is 12.7 Å². The van der Waals surface area contributed by atoms with E-state index < -0.39 is 11.7 Å². The number of hydrogen-bond acceptors (Lipinski definition) is 4. The topological polar surface area (TPSA) is 79.9 Å². The Balaban J connectivity index is 1.76. The molecule has 0 saturated heterocycles. The molecule has 0 aromatic carbocycles. The number of carbonyl (C=O) groups is 1. The Labute approximate surface area is 123 Å². The van der Waals surface area contributed by atoms with Crippen LogP contribution in [0.5, 0.6) is 0 Å². The number of ether oxygens (including phenoxy) is 1. The maximum absolute atomic E-state index is 11.4. The average molecular weight is 288 g/mol. The average Bonchev–Trinajstić information content (AvgIpc) is 2.83. The first-order valence-electron chi connectivity index (χ1n) is 6.86. The molecule has 0 radical (unpaired) electrons. The largest absolute Gasteiger partial charge is 0.444 e. The van der Waals surface area contributed by atoms with Gasteiger partial charge in [-0.15, -0.1) is 0 Å². The molecular formula is C15H20N4O2. The number of aromatic nitrogens is 3. The third-order valence-electron chi connectivity index (χ3n) is 2.58. The second kappa shape index (κ2) is 6.39. The van der Waals surface area contributed by atoms with E-state index in [-0.39, 0.29) is 0 Å². The van der Waals surface area contributed by atoms with Crippen molar-refractivity contribution in [3.8, 4) is 0 Å². The number of aromatic amines is 1. The van der Waals surface area contributed by atoms with Crippen molar-refractivity contribution in [2.24, 2.45) is 0 Å². The number of amides is 1. The van der Waals surface area contributed by atoms with Crippen LogP contribution < -0.4 is 5.32 Å². The van der Waals surface area contributed by atoms with Crippen LogP contribution in [-0.4, -0.2) is 33.2 Å². The molecule has 21 heavy (non-hydrogen) atoms. The van der Waals surface area contributed by atoms with Gasteiger partial charge in [0.1, 0.15) is 5.60 Å². The zero-order valence-electron chi connectivity index (χ0n) is 12.5. The fourth-order valence-corrected chi connectivity index (χ4v) is 1.73. The lowest BCUT2D eigenvalue weighted by Crippen LogP contribution is -2.32. The van der Waals surface area contributed by atoms with E-state index >= 15 is 0 Å². The SMILES string of the molecule is CC(C)(C)OC(=O)NCCC=Cc1cnc2nc[nH]c2c1. The maximum Gasteiger partial charge on any atom is 0.407 e. The van der Waals surface area contributed by atoms with E-state index in [1.165, 1.54) is 0 Å². The molecule has 2 rings (SSSR count). The number of pyridine rings is 1. The Morgan fingerprint density at radius 3 is 3.00 bits per heavy atom. The van der Waals surface area contributed by atoms with Crippen LogP contribution in [0, 0.1) is 0 Å². The van der Waals surface area contributed by atoms with E-state index in [1.54, 1.807) is 12.5 Å². The van der Waals surface area contributed by atoms with Gasteiger partial charge in [-0.3, -0.25) is 0 Å². The zero-order valence-corrected chi connectivity index (χ0v) is 12.5. The van der Waals surface area contributed by atoms with E-state index in [1.807, 2.05) is 39.0 Å². The molecule has 0 aliphatic rings. The summed E-state index contributed by atoms with van der Waals surface area (Å²) in [5, 5.41) is 2.71. The smallest absolute Gasteiger partial charge is 0.407 e. The van der Waals surface area contributed by atoms with Crippen molar-refractivity contribution in [2.75, 3.05) is 6.54 Å². The lowest BCUT2D eigenvalue weighted by molar-refractivity contribution is 0.0529. The second-order valence-electron chi connectivity index (χ2n) is 5.66. The fourth-order valence-electron chi connectivity index (χ4n) is 1.73. The number of alkyl carbamates (subject to hydrolysis) is 1. The van der Waals surface area contributed by atoms with Crippen molar-refractivity contribution in [1.82, 2.24) is 20.3 Å². The molecular weight excluding hydrogens is 268 g/mol. The minimum atomic E-state index is -0.467. The van der Waals surface area contributed by atoms with Gasteiger partial charge in [0.25, 0.3) is 0 Å². The number of nitrogens with zero attached hydrogens (tertiary/aromatic N) is 2. The van der Waals surface area contributed by atoms with Crippen molar-refractivity contribution in [1.29, 1.82) is 0 Å². The second-order valence-corrected chi connectivity index (χ2v) is 5.66. The number of nitrogens with one attached hydrogen (secondary N) is 2. The highest BCUT2D eigenvalue weighted by atomic mass is 16.6. The summed E-state index contributed by atoms with van der Waals surface area (Å²) in [5.74, 6) is 0. The molecule has 112 valence electrons. The lowest BCUT2D eigenvalue weighted by Gasteiger charge is -2.19.